The quantitative estimate of drug-likeness (QED) is 0.601. The lowest BCUT2D eigenvalue weighted by Gasteiger charge is -2.24. The van der Waals surface area contributed by atoms with E-state index in [4.69, 9.17) is 16.3 Å². The Morgan fingerprint density at radius 3 is 2.26 bits per heavy atom. The van der Waals surface area contributed by atoms with Crippen molar-refractivity contribution in [2.45, 2.75) is 18.3 Å². The number of amides is 1. The molecule has 3 aromatic carbocycles. The van der Waals surface area contributed by atoms with Crippen molar-refractivity contribution in [3.63, 3.8) is 0 Å². The van der Waals surface area contributed by atoms with E-state index in [1.165, 1.54) is 30.2 Å². The molecule has 3 aromatic rings. The van der Waals surface area contributed by atoms with Gasteiger partial charge in [-0.3, -0.25) is 4.79 Å². The first-order valence-corrected chi connectivity index (χ1v) is 9.67. The molecule has 0 bridgehead atoms. The van der Waals surface area contributed by atoms with Gasteiger partial charge in [0.25, 0.3) is 5.91 Å². The summed E-state index contributed by atoms with van der Waals surface area (Å²) in [5, 5.41) is 11.9. The predicted molar refractivity (Wildman–Crippen MR) is 110 cm³/mol. The molecule has 1 aliphatic rings. The van der Waals surface area contributed by atoms with Gasteiger partial charge in [0.15, 0.2) is 5.60 Å². The van der Waals surface area contributed by atoms with Crippen molar-refractivity contribution in [3.05, 3.63) is 94.0 Å². The second-order valence-corrected chi connectivity index (χ2v) is 7.62. The molecule has 8 heteroatoms. The minimum atomic E-state index is -4.44. The first-order valence-electron chi connectivity index (χ1n) is 9.29. The lowest BCUT2D eigenvalue weighted by Crippen LogP contribution is -2.40. The Bertz CT molecular complexity index is 1130. The fourth-order valence-corrected chi connectivity index (χ4v) is 3.88. The van der Waals surface area contributed by atoms with Crippen LogP contribution in [0.15, 0.2) is 66.7 Å². The van der Waals surface area contributed by atoms with E-state index in [9.17, 15) is 23.1 Å². The molecule has 1 N–H and O–H groups in total. The Hall–Kier alpha value is -3.03. The Morgan fingerprint density at radius 1 is 1.03 bits per heavy atom. The van der Waals surface area contributed by atoms with E-state index in [1.54, 1.807) is 36.4 Å². The van der Waals surface area contributed by atoms with Crippen molar-refractivity contribution in [1.29, 1.82) is 0 Å². The van der Waals surface area contributed by atoms with Gasteiger partial charge in [-0.05, 0) is 53.6 Å². The number of anilines is 1. The van der Waals surface area contributed by atoms with E-state index in [-0.39, 0.29) is 6.54 Å². The average Bonchev–Trinajstić information content (AvgIpc) is 2.96. The third-order valence-corrected chi connectivity index (χ3v) is 5.56. The molecule has 0 fully saturated rings. The summed E-state index contributed by atoms with van der Waals surface area (Å²) in [6, 6.07) is 15.7. The highest BCUT2D eigenvalue weighted by Gasteiger charge is 2.51. The molecule has 0 radical (unpaired) electrons. The number of fused-ring (bicyclic) bond motifs is 1. The van der Waals surface area contributed by atoms with Gasteiger partial charge in [-0.1, -0.05) is 35.9 Å². The second-order valence-electron chi connectivity index (χ2n) is 7.19. The third kappa shape index (κ3) is 3.64. The number of aliphatic hydroxyl groups is 1. The zero-order chi connectivity index (χ0) is 22.4. The van der Waals surface area contributed by atoms with Crippen molar-refractivity contribution in [2.24, 2.45) is 0 Å². The summed E-state index contributed by atoms with van der Waals surface area (Å²) < 4.78 is 43.7. The summed E-state index contributed by atoms with van der Waals surface area (Å²) in [4.78, 5) is 14.7. The van der Waals surface area contributed by atoms with Crippen LogP contribution in [0.4, 0.5) is 18.9 Å². The molecular weight excluding hydrogens is 431 g/mol. The topological polar surface area (TPSA) is 49.8 Å². The molecule has 160 valence electrons. The molecule has 0 unspecified atom stereocenters. The molecule has 0 aliphatic carbocycles. The van der Waals surface area contributed by atoms with Crippen LogP contribution in [-0.2, 0) is 23.1 Å². The number of rotatable bonds is 4. The van der Waals surface area contributed by atoms with Crippen molar-refractivity contribution < 1.29 is 27.8 Å². The number of hydrogen-bond acceptors (Lipinski definition) is 3. The summed E-state index contributed by atoms with van der Waals surface area (Å²) in [6.07, 6.45) is -4.44. The first kappa shape index (κ1) is 21.2. The fraction of sp³-hybridized carbons (Fsp3) is 0.174. The average molecular weight is 448 g/mol. The highest BCUT2D eigenvalue weighted by Crippen LogP contribution is 2.46. The summed E-state index contributed by atoms with van der Waals surface area (Å²) >= 11 is 6.13. The summed E-state index contributed by atoms with van der Waals surface area (Å²) in [5.74, 6) is -0.0550. The summed E-state index contributed by atoms with van der Waals surface area (Å²) in [6.45, 7) is -0.00985. The third-order valence-electron chi connectivity index (χ3n) is 5.32. The molecule has 0 saturated carbocycles. The fourth-order valence-electron chi connectivity index (χ4n) is 3.70. The highest BCUT2D eigenvalue weighted by molar-refractivity contribution is 6.31. The van der Waals surface area contributed by atoms with E-state index in [2.05, 4.69) is 0 Å². The Labute approximate surface area is 181 Å². The van der Waals surface area contributed by atoms with Gasteiger partial charge in [0, 0.05) is 10.6 Å². The van der Waals surface area contributed by atoms with Crippen LogP contribution in [0.2, 0.25) is 5.02 Å². The number of methoxy groups -OCH3 is 1. The minimum Gasteiger partial charge on any atom is -0.497 e. The molecule has 0 saturated heterocycles. The number of ether oxygens (including phenoxy) is 1. The largest absolute Gasteiger partial charge is 0.497 e. The van der Waals surface area contributed by atoms with Gasteiger partial charge in [0.2, 0.25) is 0 Å². The molecule has 4 rings (SSSR count). The first-order chi connectivity index (χ1) is 14.6. The van der Waals surface area contributed by atoms with E-state index in [0.29, 0.717) is 33.1 Å². The number of alkyl halides is 3. The van der Waals surface area contributed by atoms with Gasteiger partial charge < -0.3 is 14.7 Å². The predicted octanol–water partition coefficient (Wildman–Crippen LogP) is 5.15. The van der Waals surface area contributed by atoms with Gasteiger partial charge in [-0.15, -0.1) is 0 Å². The normalized spacial score (nSPS) is 18.3. The maximum absolute atomic E-state index is 13.4. The molecular formula is C23H17ClF3NO3. The van der Waals surface area contributed by atoms with Crippen LogP contribution in [0.3, 0.4) is 0 Å². The van der Waals surface area contributed by atoms with Crippen molar-refractivity contribution >= 4 is 23.2 Å². The Kier molecular flexibility index (Phi) is 5.19. The van der Waals surface area contributed by atoms with Crippen LogP contribution in [0.1, 0.15) is 22.3 Å². The van der Waals surface area contributed by atoms with Crippen molar-refractivity contribution in [2.75, 3.05) is 12.0 Å². The maximum atomic E-state index is 13.4. The van der Waals surface area contributed by atoms with E-state index < -0.39 is 23.2 Å². The Morgan fingerprint density at radius 2 is 1.68 bits per heavy atom. The number of halogens is 4. The molecule has 0 aromatic heterocycles. The van der Waals surface area contributed by atoms with Crippen molar-refractivity contribution in [3.8, 4) is 5.75 Å². The molecule has 1 heterocycles. The molecule has 1 aliphatic heterocycles. The van der Waals surface area contributed by atoms with Crippen LogP contribution in [0.25, 0.3) is 0 Å². The number of nitrogens with zero attached hydrogens (tertiary/aromatic N) is 1. The summed E-state index contributed by atoms with van der Waals surface area (Å²) in [7, 11) is 1.51. The van der Waals surface area contributed by atoms with Gasteiger partial charge in [-0.25, -0.2) is 0 Å². The number of carbonyl (C=O) groups excluding carboxylic acids is 1. The van der Waals surface area contributed by atoms with Gasteiger partial charge >= 0.3 is 6.18 Å². The number of benzene rings is 3. The van der Waals surface area contributed by atoms with E-state index in [0.717, 1.165) is 12.1 Å². The molecule has 0 spiro atoms. The van der Waals surface area contributed by atoms with Crippen LogP contribution in [0.5, 0.6) is 5.75 Å². The van der Waals surface area contributed by atoms with Gasteiger partial charge in [0.1, 0.15) is 5.75 Å². The van der Waals surface area contributed by atoms with Crippen LogP contribution in [-0.4, -0.2) is 18.1 Å². The molecule has 1 atom stereocenters. The lowest BCUT2D eigenvalue weighted by molar-refractivity contribution is -0.137. The standard InChI is InChI=1S/C23H17ClF3NO3/c1-31-18-9-6-15(7-10-18)22(30)19-12-17(24)8-11-20(19)28(21(22)29)13-14-2-4-16(5-3-14)23(25,26)27/h2-12,30H,13H2,1H3/t22-/m1/s1. The highest BCUT2D eigenvalue weighted by atomic mass is 35.5. The maximum Gasteiger partial charge on any atom is 0.416 e. The zero-order valence-electron chi connectivity index (χ0n) is 16.3. The SMILES string of the molecule is COc1ccc([C@]2(O)C(=O)N(Cc3ccc(C(F)(F)F)cc3)c3ccc(Cl)cc32)cc1. The van der Waals surface area contributed by atoms with Crippen LogP contribution < -0.4 is 9.64 Å². The van der Waals surface area contributed by atoms with E-state index in [1.807, 2.05) is 0 Å². The molecule has 31 heavy (non-hydrogen) atoms. The summed E-state index contributed by atoms with van der Waals surface area (Å²) in [5.41, 5.74) is -1.20. The number of hydrogen-bond donors (Lipinski definition) is 1. The molecule has 4 nitrogen and oxygen atoms in total. The van der Waals surface area contributed by atoms with E-state index >= 15 is 0 Å². The smallest absolute Gasteiger partial charge is 0.416 e. The minimum absolute atomic E-state index is 0.00985. The Balaban J connectivity index is 1.74. The lowest BCUT2D eigenvalue weighted by atomic mass is 9.87. The second kappa shape index (κ2) is 7.59. The zero-order valence-corrected chi connectivity index (χ0v) is 17.0. The van der Waals surface area contributed by atoms with Crippen molar-refractivity contribution in [1.82, 2.24) is 0 Å². The molecule has 1 amide bonds. The number of carbonyl (C=O) groups is 1. The van der Waals surface area contributed by atoms with Crippen LogP contribution in [0, 0.1) is 0 Å². The van der Waals surface area contributed by atoms with Gasteiger partial charge in [0.05, 0.1) is 24.9 Å². The van der Waals surface area contributed by atoms with Gasteiger partial charge in [-0.2, -0.15) is 13.2 Å². The van der Waals surface area contributed by atoms with Crippen LogP contribution >= 0.6 is 11.6 Å². The monoisotopic (exact) mass is 447 g/mol.